The fraction of sp³-hybridized carbons (Fsp3) is 0.278. The molecule has 2 bridgehead atoms. The summed E-state index contributed by atoms with van der Waals surface area (Å²) in [6.07, 6.45) is 0.581. The predicted molar refractivity (Wildman–Crippen MR) is 92.7 cm³/mol. The molecule has 2 aliphatic heterocycles. The summed E-state index contributed by atoms with van der Waals surface area (Å²) in [6, 6.07) is 10.1. The van der Waals surface area contributed by atoms with Crippen molar-refractivity contribution in [2.75, 3.05) is 4.90 Å². The number of anilines is 1. The molecule has 2 aromatic carbocycles. The highest BCUT2D eigenvalue weighted by Crippen LogP contribution is 2.46. The molecule has 2 heterocycles. The standard InChI is InChI=1S/C18H16BrFN2O2/c1-10-3-5-12(8-14(10)20)22-17(23)21-15-9-18(22,2)24-16-6-4-11(19)7-13(15)16/h3-8,15H,9H2,1-2H3,(H,21,23). The maximum Gasteiger partial charge on any atom is 0.325 e. The van der Waals surface area contributed by atoms with Gasteiger partial charge >= 0.3 is 6.03 Å². The molecule has 4 nitrogen and oxygen atoms in total. The lowest BCUT2D eigenvalue weighted by molar-refractivity contribution is 0.0378. The Balaban J connectivity index is 1.80. The third kappa shape index (κ3) is 2.28. The minimum atomic E-state index is -0.866. The van der Waals surface area contributed by atoms with Gasteiger partial charge in [0.2, 0.25) is 0 Å². The Kier molecular flexibility index (Phi) is 3.35. The molecule has 2 aromatic rings. The van der Waals surface area contributed by atoms with E-state index >= 15 is 0 Å². The number of benzene rings is 2. The van der Waals surface area contributed by atoms with Crippen molar-refractivity contribution in [2.24, 2.45) is 0 Å². The topological polar surface area (TPSA) is 41.6 Å². The molecule has 0 spiro atoms. The smallest absolute Gasteiger partial charge is 0.325 e. The van der Waals surface area contributed by atoms with Gasteiger partial charge in [0.1, 0.15) is 11.6 Å². The van der Waals surface area contributed by atoms with Crippen molar-refractivity contribution in [1.29, 1.82) is 0 Å². The van der Waals surface area contributed by atoms with E-state index in [1.807, 2.05) is 25.1 Å². The van der Waals surface area contributed by atoms with Gasteiger partial charge in [0, 0.05) is 16.5 Å². The summed E-state index contributed by atoms with van der Waals surface area (Å²) >= 11 is 3.45. The molecule has 0 aliphatic carbocycles. The number of amides is 2. The van der Waals surface area contributed by atoms with E-state index in [0.717, 1.165) is 15.8 Å². The number of carbonyl (C=O) groups is 1. The van der Waals surface area contributed by atoms with Gasteiger partial charge in [-0.1, -0.05) is 22.0 Å². The summed E-state index contributed by atoms with van der Waals surface area (Å²) in [6.45, 7) is 3.56. The van der Waals surface area contributed by atoms with E-state index in [1.165, 1.54) is 11.0 Å². The van der Waals surface area contributed by atoms with Crippen LogP contribution in [-0.4, -0.2) is 11.8 Å². The lowest BCUT2D eigenvalue weighted by atomic mass is 9.90. The molecular formula is C18H16BrFN2O2. The Morgan fingerprint density at radius 1 is 1.33 bits per heavy atom. The van der Waals surface area contributed by atoms with E-state index < -0.39 is 5.72 Å². The molecule has 2 aliphatic rings. The third-order valence-corrected chi connectivity index (χ3v) is 5.14. The second-order valence-electron chi connectivity index (χ2n) is 6.43. The number of carbonyl (C=O) groups excluding carboxylic acids is 1. The molecule has 2 unspecified atom stereocenters. The van der Waals surface area contributed by atoms with Crippen LogP contribution >= 0.6 is 15.9 Å². The Morgan fingerprint density at radius 3 is 2.88 bits per heavy atom. The average Bonchev–Trinajstić information content (AvgIpc) is 2.51. The van der Waals surface area contributed by atoms with Crippen LogP contribution in [0.5, 0.6) is 5.75 Å². The van der Waals surface area contributed by atoms with Gasteiger partial charge in [0.25, 0.3) is 0 Å². The number of halogens is 2. The summed E-state index contributed by atoms with van der Waals surface area (Å²) in [4.78, 5) is 14.2. The van der Waals surface area contributed by atoms with Crippen LogP contribution in [0.3, 0.4) is 0 Å². The molecule has 0 radical (unpaired) electrons. The van der Waals surface area contributed by atoms with Crippen LogP contribution in [0.25, 0.3) is 0 Å². The van der Waals surface area contributed by atoms with Gasteiger partial charge in [-0.2, -0.15) is 0 Å². The number of fused-ring (bicyclic) bond motifs is 4. The van der Waals surface area contributed by atoms with Crippen LogP contribution in [0.15, 0.2) is 40.9 Å². The normalized spacial score (nSPS) is 24.9. The summed E-state index contributed by atoms with van der Waals surface area (Å²) in [5, 5.41) is 3.00. The quantitative estimate of drug-likeness (QED) is 0.768. The fourth-order valence-electron chi connectivity index (χ4n) is 3.46. The number of nitrogens with one attached hydrogen (secondary N) is 1. The van der Waals surface area contributed by atoms with Crippen molar-refractivity contribution in [2.45, 2.75) is 32.0 Å². The summed E-state index contributed by atoms with van der Waals surface area (Å²) in [5.74, 6) is 0.390. The van der Waals surface area contributed by atoms with E-state index in [0.29, 0.717) is 17.7 Å². The van der Waals surface area contributed by atoms with Gasteiger partial charge in [0.05, 0.1) is 11.7 Å². The summed E-state index contributed by atoms with van der Waals surface area (Å²) in [7, 11) is 0. The number of aryl methyl sites for hydroxylation is 1. The Labute approximate surface area is 147 Å². The van der Waals surface area contributed by atoms with Crippen LogP contribution < -0.4 is 15.0 Å². The molecule has 0 aromatic heterocycles. The zero-order valence-corrected chi connectivity index (χ0v) is 14.9. The molecule has 2 atom stereocenters. The van der Waals surface area contributed by atoms with E-state index in [1.54, 1.807) is 19.1 Å². The number of nitrogens with zero attached hydrogens (tertiary/aromatic N) is 1. The lowest BCUT2D eigenvalue weighted by Crippen LogP contribution is -2.65. The highest BCUT2D eigenvalue weighted by atomic mass is 79.9. The van der Waals surface area contributed by atoms with Gasteiger partial charge in [-0.25, -0.2) is 9.18 Å². The monoisotopic (exact) mass is 390 g/mol. The van der Waals surface area contributed by atoms with Crippen LogP contribution in [-0.2, 0) is 0 Å². The molecule has 2 amide bonds. The number of urea groups is 1. The first-order chi connectivity index (χ1) is 11.4. The maximum atomic E-state index is 14.0. The largest absolute Gasteiger partial charge is 0.467 e. The average molecular weight is 391 g/mol. The van der Waals surface area contributed by atoms with Crippen LogP contribution in [0.2, 0.25) is 0 Å². The zero-order chi connectivity index (χ0) is 17.1. The van der Waals surface area contributed by atoms with Crippen molar-refractivity contribution in [3.05, 3.63) is 57.8 Å². The molecule has 6 heteroatoms. The van der Waals surface area contributed by atoms with Crippen molar-refractivity contribution in [1.82, 2.24) is 5.32 Å². The number of rotatable bonds is 1. The van der Waals surface area contributed by atoms with Crippen LogP contribution in [0, 0.1) is 12.7 Å². The molecule has 24 heavy (non-hydrogen) atoms. The SMILES string of the molecule is Cc1ccc(N2C(=O)NC3CC2(C)Oc2ccc(Br)cc23)cc1F. The second kappa shape index (κ2) is 5.21. The molecule has 4 rings (SSSR count). The first-order valence-electron chi connectivity index (χ1n) is 7.73. The van der Waals surface area contributed by atoms with Gasteiger partial charge < -0.3 is 10.1 Å². The number of hydrogen-bond acceptors (Lipinski definition) is 2. The first-order valence-corrected chi connectivity index (χ1v) is 8.52. The van der Waals surface area contributed by atoms with Gasteiger partial charge in [-0.05, 0) is 49.7 Å². The van der Waals surface area contributed by atoms with E-state index in [-0.39, 0.29) is 17.9 Å². The number of ether oxygens (including phenoxy) is 1. The first kappa shape index (κ1) is 15.4. The van der Waals surface area contributed by atoms with E-state index in [4.69, 9.17) is 4.74 Å². The number of hydrogen-bond donors (Lipinski definition) is 1. The molecule has 124 valence electrons. The minimum absolute atomic E-state index is 0.129. The van der Waals surface area contributed by atoms with Crippen molar-refractivity contribution >= 4 is 27.6 Å². The fourth-order valence-corrected chi connectivity index (χ4v) is 3.84. The molecule has 1 fully saturated rings. The second-order valence-corrected chi connectivity index (χ2v) is 7.35. The minimum Gasteiger partial charge on any atom is -0.467 e. The lowest BCUT2D eigenvalue weighted by Gasteiger charge is -2.50. The summed E-state index contributed by atoms with van der Waals surface area (Å²) < 4.78 is 21.1. The third-order valence-electron chi connectivity index (χ3n) is 4.65. The van der Waals surface area contributed by atoms with Crippen LogP contribution in [0.1, 0.15) is 30.5 Å². The van der Waals surface area contributed by atoms with E-state index in [2.05, 4.69) is 21.2 Å². The van der Waals surface area contributed by atoms with Crippen molar-refractivity contribution in [3.8, 4) is 5.75 Å². The van der Waals surface area contributed by atoms with Crippen molar-refractivity contribution < 1.29 is 13.9 Å². The molecular weight excluding hydrogens is 375 g/mol. The summed E-state index contributed by atoms with van der Waals surface area (Å²) in [5.41, 5.74) is 1.11. The highest BCUT2D eigenvalue weighted by molar-refractivity contribution is 9.10. The Hall–Kier alpha value is -2.08. The van der Waals surface area contributed by atoms with Crippen LogP contribution in [0.4, 0.5) is 14.9 Å². The van der Waals surface area contributed by atoms with E-state index in [9.17, 15) is 9.18 Å². The van der Waals surface area contributed by atoms with Gasteiger partial charge in [-0.3, -0.25) is 4.90 Å². The Bertz CT molecular complexity index is 857. The molecule has 1 N–H and O–H groups in total. The van der Waals surface area contributed by atoms with Gasteiger partial charge in [0.15, 0.2) is 5.72 Å². The van der Waals surface area contributed by atoms with Gasteiger partial charge in [-0.15, -0.1) is 0 Å². The maximum absolute atomic E-state index is 14.0. The Morgan fingerprint density at radius 2 is 2.12 bits per heavy atom. The zero-order valence-electron chi connectivity index (χ0n) is 13.3. The predicted octanol–water partition coefficient (Wildman–Crippen LogP) is 4.67. The molecule has 0 saturated carbocycles. The molecule has 1 saturated heterocycles. The highest BCUT2D eigenvalue weighted by Gasteiger charge is 2.49. The van der Waals surface area contributed by atoms with Crippen molar-refractivity contribution in [3.63, 3.8) is 0 Å².